The van der Waals surface area contributed by atoms with Crippen molar-refractivity contribution in [3.05, 3.63) is 59.7 Å². The van der Waals surface area contributed by atoms with E-state index in [0.29, 0.717) is 6.61 Å². The monoisotopic (exact) mass is 340 g/mol. The van der Waals surface area contributed by atoms with E-state index >= 15 is 0 Å². The number of hydrogen-bond donors (Lipinski definition) is 0. The van der Waals surface area contributed by atoms with Crippen LogP contribution in [0.5, 0.6) is 11.5 Å². The molecule has 2 aromatic rings. The largest absolute Gasteiger partial charge is 0.497 e. The van der Waals surface area contributed by atoms with Crippen LogP contribution in [0, 0.1) is 0 Å². The van der Waals surface area contributed by atoms with Crippen molar-refractivity contribution >= 4 is 0 Å². The first-order chi connectivity index (χ1) is 12.3. The standard InChI is InChI=1S/C21H28N2O2/c1-3-25-20-9-7-18(8-10-20)16-22-11-13-23(14-12-22)17-19-5-4-6-21(15-19)24-2/h4-10,15H,3,11-14,16-17H2,1-2H3. The summed E-state index contributed by atoms with van der Waals surface area (Å²) in [6.07, 6.45) is 0. The molecule has 0 spiro atoms. The molecule has 0 amide bonds. The van der Waals surface area contributed by atoms with Gasteiger partial charge in [-0.1, -0.05) is 24.3 Å². The predicted molar refractivity (Wildman–Crippen MR) is 101 cm³/mol. The van der Waals surface area contributed by atoms with Gasteiger partial charge in [0.1, 0.15) is 11.5 Å². The molecule has 3 rings (SSSR count). The molecule has 1 aliphatic heterocycles. The van der Waals surface area contributed by atoms with E-state index in [1.165, 1.54) is 11.1 Å². The van der Waals surface area contributed by atoms with Crippen molar-refractivity contribution in [3.63, 3.8) is 0 Å². The van der Waals surface area contributed by atoms with Crippen LogP contribution in [0.4, 0.5) is 0 Å². The highest BCUT2D eigenvalue weighted by molar-refractivity contribution is 5.28. The first-order valence-corrected chi connectivity index (χ1v) is 9.06. The zero-order valence-electron chi connectivity index (χ0n) is 15.3. The summed E-state index contributed by atoms with van der Waals surface area (Å²) in [5.41, 5.74) is 2.67. The molecular formula is C21H28N2O2. The Bertz CT molecular complexity index is 649. The Labute approximate surface area is 151 Å². The van der Waals surface area contributed by atoms with Crippen LogP contribution in [-0.4, -0.2) is 49.7 Å². The van der Waals surface area contributed by atoms with E-state index in [0.717, 1.165) is 50.8 Å². The average molecular weight is 340 g/mol. The Kier molecular flexibility index (Phi) is 6.31. The molecule has 1 aliphatic rings. The van der Waals surface area contributed by atoms with E-state index in [-0.39, 0.29) is 0 Å². The third-order valence-electron chi connectivity index (χ3n) is 4.65. The smallest absolute Gasteiger partial charge is 0.119 e. The molecule has 0 atom stereocenters. The van der Waals surface area contributed by atoms with Gasteiger partial charge in [0.15, 0.2) is 0 Å². The third kappa shape index (κ3) is 5.21. The molecule has 25 heavy (non-hydrogen) atoms. The lowest BCUT2D eigenvalue weighted by atomic mass is 10.1. The first-order valence-electron chi connectivity index (χ1n) is 9.06. The molecule has 1 saturated heterocycles. The Morgan fingerprint density at radius 1 is 0.800 bits per heavy atom. The van der Waals surface area contributed by atoms with E-state index in [1.54, 1.807) is 7.11 Å². The normalized spacial score (nSPS) is 15.9. The number of rotatable bonds is 7. The van der Waals surface area contributed by atoms with E-state index in [2.05, 4.69) is 52.3 Å². The third-order valence-corrected chi connectivity index (χ3v) is 4.65. The fourth-order valence-electron chi connectivity index (χ4n) is 3.25. The summed E-state index contributed by atoms with van der Waals surface area (Å²) in [4.78, 5) is 5.04. The molecule has 0 bridgehead atoms. The van der Waals surface area contributed by atoms with Gasteiger partial charge in [0.2, 0.25) is 0 Å². The van der Waals surface area contributed by atoms with Gasteiger partial charge in [-0.05, 0) is 42.3 Å². The molecule has 4 nitrogen and oxygen atoms in total. The quantitative estimate of drug-likeness (QED) is 0.771. The number of piperazine rings is 1. The van der Waals surface area contributed by atoms with Crippen molar-refractivity contribution in [3.8, 4) is 11.5 Å². The molecule has 0 aliphatic carbocycles. The highest BCUT2D eigenvalue weighted by Crippen LogP contribution is 2.17. The summed E-state index contributed by atoms with van der Waals surface area (Å²) in [5.74, 6) is 1.89. The molecular weight excluding hydrogens is 312 g/mol. The molecule has 0 aromatic heterocycles. The van der Waals surface area contributed by atoms with Crippen molar-refractivity contribution in [2.75, 3.05) is 39.9 Å². The van der Waals surface area contributed by atoms with Crippen LogP contribution in [0.3, 0.4) is 0 Å². The zero-order valence-corrected chi connectivity index (χ0v) is 15.3. The second-order valence-electron chi connectivity index (χ2n) is 6.48. The average Bonchev–Trinajstić information content (AvgIpc) is 2.65. The van der Waals surface area contributed by atoms with Crippen LogP contribution in [0.2, 0.25) is 0 Å². The first kappa shape index (κ1) is 17.8. The van der Waals surface area contributed by atoms with Crippen LogP contribution in [0.25, 0.3) is 0 Å². The number of ether oxygens (including phenoxy) is 2. The van der Waals surface area contributed by atoms with Crippen LogP contribution in [0.15, 0.2) is 48.5 Å². The van der Waals surface area contributed by atoms with Crippen LogP contribution < -0.4 is 9.47 Å². The zero-order chi connectivity index (χ0) is 17.5. The van der Waals surface area contributed by atoms with Crippen molar-refractivity contribution in [2.24, 2.45) is 0 Å². The second kappa shape index (κ2) is 8.88. The molecule has 134 valence electrons. The minimum atomic E-state index is 0.717. The Hall–Kier alpha value is -2.04. The van der Waals surface area contributed by atoms with Gasteiger partial charge in [0.05, 0.1) is 13.7 Å². The van der Waals surface area contributed by atoms with Gasteiger partial charge in [-0.2, -0.15) is 0 Å². The van der Waals surface area contributed by atoms with Gasteiger partial charge in [0, 0.05) is 39.3 Å². The van der Waals surface area contributed by atoms with Crippen molar-refractivity contribution in [1.82, 2.24) is 9.80 Å². The molecule has 0 radical (unpaired) electrons. The van der Waals surface area contributed by atoms with E-state index < -0.39 is 0 Å². The van der Waals surface area contributed by atoms with Gasteiger partial charge in [0.25, 0.3) is 0 Å². The predicted octanol–water partition coefficient (Wildman–Crippen LogP) is 3.41. The summed E-state index contributed by atoms with van der Waals surface area (Å²) in [7, 11) is 1.72. The molecule has 1 heterocycles. The lowest BCUT2D eigenvalue weighted by Gasteiger charge is -2.34. The lowest BCUT2D eigenvalue weighted by Crippen LogP contribution is -2.45. The fourth-order valence-corrected chi connectivity index (χ4v) is 3.25. The van der Waals surface area contributed by atoms with Crippen LogP contribution >= 0.6 is 0 Å². The van der Waals surface area contributed by atoms with Gasteiger partial charge in [-0.3, -0.25) is 9.80 Å². The van der Waals surface area contributed by atoms with Gasteiger partial charge in [-0.15, -0.1) is 0 Å². The molecule has 0 unspecified atom stereocenters. The van der Waals surface area contributed by atoms with Gasteiger partial charge in [-0.25, -0.2) is 0 Å². The van der Waals surface area contributed by atoms with Gasteiger partial charge >= 0.3 is 0 Å². The summed E-state index contributed by atoms with van der Waals surface area (Å²) < 4.78 is 10.8. The highest BCUT2D eigenvalue weighted by atomic mass is 16.5. The van der Waals surface area contributed by atoms with E-state index in [4.69, 9.17) is 9.47 Å². The van der Waals surface area contributed by atoms with Crippen LogP contribution in [-0.2, 0) is 13.1 Å². The SMILES string of the molecule is CCOc1ccc(CN2CCN(Cc3cccc(OC)c3)CC2)cc1. The summed E-state index contributed by atoms with van der Waals surface area (Å²) in [6, 6.07) is 16.9. The Morgan fingerprint density at radius 3 is 2.04 bits per heavy atom. The van der Waals surface area contributed by atoms with Crippen molar-refractivity contribution in [2.45, 2.75) is 20.0 Å². The molecule has 0 N–H and O–H groups in total. The summed E-state index contributed by atoms with van der Waals surface area (Å²) >= 11 is 0. The maximum absolute atomic E-state index is 5.51. The van der Waals surface area contributed by atoms with E-state index in [9.17, 15) is 0 Å². The Balaban J connectivity index is 1.46. The topological polar surface area (TPSA) is 24.9 Å². The molecule has 1 fully saturated rings. The maximum atomic E-state index is 5.51. The van der Waals surface area contributed by atoms with Crippen molar-refractivity contribution in [1.29, 1.82) is 0 Å². The minimum Gasteiger partial charge on any atom is -0.497 e. The van der Waals surface area contributed by atoms with Gasteiger partial charge < -0.3 is 9.47 Å². The minimum absolute atomic E-state index is 0.717. The second-order valence-corrected chi connectivity index (χ2v) is 6.48. The molecule has 2 aromatic carbocycles. The maximum Gasteiger partial charge on any atom is 0.119 e. The molecule has 4 heteroatoms. The summed E-state index contributed by atoms with van der Waals surface area (Å²) in [6.45, 7) is 9.16. The number of hydrogen-bond acceptors (Lipinski definition) is 4. The number of benzene rings is 2. The lowest BCUT2D eigenvalue weighted by molar-refractivity contribution is 0.122. The Morgan fingerprint density at radius 2 is 1.44 bits per heavy atom. The summed E-state index contributed by atoms with van der Waals surface area (Å²) in [5, 5.41) is 0. The molecule has 0 saturated carbocycles. The number of methoxy groups -OCH3 is 1. The highest BCUT2D eigenvalue weighted by Gasteiger charge is 2.17. The van der Waals surface area contributed by atoms with E-state index in [1.807, 2.05) is 13.0 Å². The fraction of sp³-hybridized carbons (Fsp3) is 0.429. The number of nitrogens with zero attached hydrogens (tertiary/aromatic N) is 2. The van der Waals surface area contributed by atoms with Crippen LogP contribution in [0.1, 0.15) is 18.1 Å². The van der Waals surface area contributed by atoms with Crippen molar-refractivity contribution < 1.29 is 9.47 Å².